The Kier molecular flexibility index (Phi) is 6.40. The van der Waals surface area contributed by atoms with Gasteiger partial charge in [0, 0.05) is 5.39 Å². The topological polar surface area (TPSA) is 9.23 Å². The smallest absolute Gasteiger partial charge is 0.422 e. The standard InChI is InChI=1S/C23H21F5O/c1-2-3-4-5-15-6-8-16(9-7-15)17-10-11-19-18(12-17)13-20(24)22(21(19)25)29-14-23(26,27)28/h6-13H,2-5,14H2,1H3. The third kappa shape index (κ3) is 5.25. The second-order valence-electron chi connectivity index (χ2n) is 7.00. The summed E-state index contributed by atoms with van der Waals surface area (Å²) in [4.78, 5) is 0. The van der Waals surface area contributed by atoms with Gasteiger partial charge in [-0.3, -0.25) is 0 Å². The van der Waals surface area contributed by atoms with Crippen molar-refractivity contribution in [2.45, 2.75) is 38.8 Å². The Labute approximate surface area is 166 Å². The lowest BCUT2D eigenvalue weighted by Gasteiger charge is -2.13. The van der Waals surface area contributed by atoms with E-state index in [0.717, 1.165) is 36.5 Å². The van der Waals surface area contributed by atoms with Crippen molar-refractivity contribution in [3.8, 4) is 16.9 Å². The first-order chi connectivity index (χ1) is 13.8. The van der Waals surface area contributed by atoms with Gasteiger partial charge in [0.05, 0.1) is 0 Å². The van der Waals surface area contributed by atoms with Crippen LogP contribution in [0, 0.1) is 11.6 Å². The van der Waals surface area contributed by atoms with Crippen molar-refractivity contribution < 1.29 is 26.7 Å². The zero-order chi connectivity index (χ0) is 21.0. The fraction of sp³-hybridized carbons (Fsp3) is 0.304. The Morgan fingerprint density at radius 2 is 1.55 bits per heavy atom. The van der Waals surface area contributed by atoms with Gasteiger partial charge in [0.2, 0.25) is 0 Å². The third-order valence-electron chi connectivity index (χ3n) is 4.72. The molecule has 0 aliphatic rings. The van der Waals surface area contributed by atoms with Crippen molar-refractivity contribution in [2.75, 3.05) is 6.61 Å². The number of fused-ring (bicyclic) bond motifs is 1. The number of aryl methyl sites for hydroxylation is 1. The van der Waals surface area contributed by atoms with Gasteiger partial charge in [0.25, 0.3) is 0 Å². The van der Waals surface area contributed by atoms with Crippen LogP contribution < -0.4 is 4.74 Å². The molecule has 29 heavy (non-hydrogen) atoms. The average Bonchev–Trinajstić information content (AvgIpc) is 2.67. The van der Waals surface area contributed by atoms with Crippen LogP contribution >= 0.6 is 0 Å². The molecule has 0 aliphatic carbocycles. The second-order valence-corrected chi connectivity index (χ2v) is 7.00. The molecule has 0 heterocycles. The number of unbranched alkanes of at least 4 members (excludes halogenated alkanes) is 2. The Morgan fingerprint density at radius 1 is 0.862 bits per heavy atom. The van der Waals surface area contributed by atoms with Gasteiger partial charge in [-0.1, -0.05) is 56.2 Å². The van der Waals surface area contributed by atoms with Gasteiger partial charge in [-0.25, -0.2) is 8.78 Å². The molecule has 0 aliphatic heterocycles. The minimum absolute atomic E-state index is 0.00325. The van der Waals surface area contributed by atoms with Gasteiger partial charge in [-0.05, 0) is 47.1 Å². The molecule has 3 aromatic carbocycles. The molecule has 0 bridgehead atoms. The molecule has 0 fully saturated rings. The monoisotopic (exact) mass is 408 g/mol. The molecular weight excluding hydrogens is 387 g/mol. The van der Waals surface area contributed by atoms with E-state index in [2.05, 4.69) is 11.7 Å². The highest BCUT2D eigenvalue weighted by molar-refractivity contribution is 5.89. The largest absolute Gasteiger partial charge is 0.478 e. The molecule has 0 amide bonds. The predicted molar refractivity (Wildman–Crippen MR) is 104 cm³/mol. The summed E-state index contributed by atoms with van der Waals surface area (Å²) in [5.74, 6) is -3.32. The average molecular weight is 408 g/mol. The molecule has 3 aromatic rings. The van der Waals surface area contributed by atoms with Crippen LogP contribution in [0.2, 0.25) is 0 Å². The van der Waals surface area contributed by atoms with E-state index < -0.39 is 30.2 Å². The zero-order valence-corrected chi connectivity index (χ0v) is 16.0. The maximum absolute atomic E-state index is 14.5. The fourth-order valence-corrected chi connectivity index (χ4v) is 3.22. The highest BCUT2D eigenvalue weighted by Crippen LogP contribution is 2.33. The Morgan fingerprint density at radius 3 is 2.21 bits per heavy atom. The van der Waals surface area contributed by atoms with E-state index in [1.165, 1.54) is 18.1 Å². The molecule has 1 nitrogen and oxygen atoms in total. The van der Waals surface area contributed by atoms with E-state index >= 15 is 0 Å². The summed E-state index contributed by atoms with van der Waals surface area (Å²) < 4.78 is 69.9. The van der Waals surface area contributed by atoms with Crippen LogP contribution in [0.4, 0.5) is 22.0 Å². The zero-order valence-electron chi connectivity index (χ0n) is 16.0. The van der Waals surface area contributed by atoms with Gasteiger partial charge in [-0.2, -0.15) is 13.2 Å². The van der Waals surface area contributed by atoms with Crippen molar-refractivity contribution in [3.05, 3.63) is 65.7 Å². The minimum Gasteiger partial charge on any atom is -0.478 e. The number of alkyl halides is 3. The first-order valence-corrected chi connectivity index (χ1v) is 9.49. The van der Waals surface area contributed by atoms with Crippen molar-refractivity contribution in [1.82, 2.24) is 0 Å². The van der Waals surface area contributed by atoms with E-state index in [9.17, 15) is 22.0 Å². The first kappa shape index (κ1) is 21.1. The van der Waals surface area contributed by atoms with E-state index in [1.807, 2.05) is 24.3 Å². The molecule has 3 rings (SSSR count). The van der Waals surface area contributed by atoms with Crippen LogP contribution in [-0.2, 0) is 6.42 Å². The maximum Gasteiger partial charge on any atom is 0.422 e. The van der Waals surface area contributed by atoms with Crippen LogP contribution in [0.3, 0.4) is 0 Å². The van der Waals surface area contributed by atoms with Gasteiger partial charge in [0.1, 0.15) is 0 Å². The minimum atomic E-state index is -4.68. The van der Waals surface area contributed by atoms with Crippen LogP contribution in [0.25, 0.3) is 21.9 Å². The summed E-state index contributed by atoms with van der Waals surface area (Å²) >= 11 is 0. The van der Waals surface area contributed by atoms with Crippen molar-refractivity contribution in [3.63, 3.8) is 0 Å². The van der Waals surface area contributed by atoms with Gasteiger partial charge in [-0.15, -0.1) is 0 Å². The molecule has 154 valence electrons. The van der Waals surface area contributed by atoms with E-state index in [0.29, 0.717) is 0 Å². The summed E-state index contributed by atoms with van der Waals surface area (Å²) in [5, 5.41) is 0.257. The number of hydrogen-bond donors (Lipinski definition) is 0. The number of halogens is 5. The third-order valence-corrected chi connectivity index (χ3v) is 4.72. The summed E-state index contributed by atoms with van der Waals surface area (Å²) in [6.07, 6.45) is -0.212. The number of rotatable bonds is 7. The fourth-order valence-electron chi connectivity index (χ4n) is 3.22. The van der Waals surface area contributed by atoms with Crippen LogP contribution in [0.15, 0.2) is 48.5 Å². The van der Waals surface area contributed by atoms with Gasteiger partial charge in [0.15, 0.2) is 24.0 Å². The molecule has 0 N–H and O–H groups in total. The lowest BCUT2D eigenvalue weighted by molar-refractivity contribution is -0.154. The van der Waals surface area contributed by atoms with Crippen molar-refractivity contribution in [1.29, 1.82) is 0 Å². The Balaban J connectivity index is 1.86. The SMILES string of the molecule is CCCCCc1ccc(-c2ccc3c(F)c(OCC(F)(F)F)c(F)cc3c2)cc1. The van der Waals surface area contributed by atoms with Crippen molar-refractivity contribution >= 4 is 10.8 Å². The van der Waals surface area contributed by atoms with Crippen molar-refractivity contribution in [2.24, 2.45) is 0 Å². The molecular formula is C23H21F5O. The van der Waals surface area contributed by atoms with E-state index in [4.69, 9.17) is 0 Å². The lowest BCUT2D eigenvalue weighted by Crippen LogP contribution is -2.20. The van der Waals surface area contributed by atoms with Gasteiger partial charge < -0.3 is 4.74 Å². The molecule has 0 radical (unpaired) electrons. The Bertz CT molecular complexity index is 977. The molecule has 0 saturated carbocycles. The highest BCUT2D eigenvalue weighted by atomic mass is 19.4. The number of ether oxygens (including phenoxy) is 1. The maximum atomic E-state index is 14.5. The molecule has 0 saturated heterocycles. The quantitative estimate of drug-likeness (QED) is 0.291. The molecule has 0 unspecified atom stereocenters. The summed E-state index contributed by atoms with van der Waals surface area (Å²) in [6, 6.07) is 13.7. The van der Waals surface area contributed by atoms with Crippen LogP contribution in [-0.4, -0.2) is 12.8 Å². The summed E-state index contributed by atoms with van der Waals surface area (Å²) in [6.45, 7) is 0.398. The molecule has 0 atom stereocenters. The van der Waals surface area contributed by atoms with Gasteiger partial charge >= 0.3 is 6.18 Å². The Hall–Kier alpha value is -2.63. The normalized spacial score (nSPS) is 11.8. The first-order valence-electron chi connectivity index (χ1n) is 9.49. The van der Waals surface area contributed by atoms with E-state index in [-0.39, 0.29) is 10.8 Å². The van der Waals surface area contributed by atoms with E-state index in [1.54, 1.807) is 12.1 Å². The molecule has 0 spiro atoms. The molecule has 6 heteroatoms. The predicted octanol–water partition coefficient (Wildman–Crippen LogP) is 7.46. The highest BCUT2D eigenvalue weighted by Gasteiger charge is 2.30. The van der Waals surface area contributed by atoms with Crippen LogP contribution in [0.1, 0.15) is 31.7 Å². The number of hydrogen-bond acceptors (Lipinski definition) is 1. The summed E-state index contributed by atoms with van der Waals surface area (Å²) in [5.41, 5.74) is 2.89. The second kappa shape index (κ2) is 8.80. The number of benzene rings is 3. The lowest BCUT2D eigenvalue weighted by atomic mass is 9.98. The molecule has 0 aromatic heterocycles. The summed E-state index contributed by atoms with van der Waals surface area (Å²) in [7, 11) is 0. The van der Waals surface area contributed by atoms with Crippen LogP contribution in [0.5, 0.6) is 5.75 Å².